The third-order valence-electron chi connectivity index (χ3n) is 1.95. The third kappa shape index (κ3) is 6.81. The van der Waals surface area contributed by atoms with Gasteiger partial charge in [0.1, 0.15) is 11.6 Å². The van der Waals surface area contributed by atoms with Gasteiger partial charge in [0.05, 0.1) is 0 Å². The molecule has 0 saturated heterocycles. The standard InChI is InChI=1S/C12H24N2O3/c1-7-13-11(16)14-9(8(2)3)10(15)17-12(4,5)6/h8-9H,7H2,1-6H3,(H2,13,14,16)/t9-/m0/s1. The van der Waals surface area contributed by atoms with Crippen LogP contribution in [0.2, 0.25) is 0 Å². The molecule has 0 fully saturated rings. The average Bonchev–Trinajstić information content (AvgIpc) is 2.11. The Morgan fingerprint density at radius 2 is 1.76 bits per heavy atom. The van der Waals surface area contributed by atoms with Gasteiger partial charge < -0.3 is 15.4 Å². The number of hydrogen-bond acceptors (Lipinski definition) is 3. The van der Waals surface area contributed by atoms with E-state index >= 15 is 0 Å². The molecule has 0 aromatic carbocycles. The second-order valence-electron chi connectivity index (χ2n) is 5.26. The molecular formula is C12H24N2O3. The van der Waals surface area contributed by atoms with Crippen LogP contribution in [0.4, 0.5) is 4.79 Å². The zero-order chi connectivity index (χ0) is 13.6. The van der Waals surface area contributed by atoms with Gasteiger partial charge in [0.25, 0.3) is 0 Å². The predicted octanol–water partition coefficient (Wildman–Crippen LogP) is 1.67. The second kappa shape index (κ2) is 6.47. The third-order valence-corrected chi connectivity index (χ3v) is 1.95. The van der Waals surface area contributed by atoms with Crippen molar-refractivity contribution in [1.82, 2.24) is 10.6 Å². The number of hydrogen-bond donors (Lipinski definition) is 2. The topological polar surface area (TPSA) is 67.4 Å². The van der Waals surface area contributed by atoms with Crippen molar-refractivity contribution in [1.29, 1.82) is 0 Å². The van der Waals surface area contributed by atoms with Crippen LogP contribution in [-0.2, 0) is 9.53 Å². The molecule has 1 atom stereocenters. The van der Waals surface area contributed by atoms with Crippen molar-refractivity contribution in [2.45, 2.75) is 53.2 Å². The minimum atomic E-state index is -0.624. The summed E-state index contributed by atoms with van der Waals surface area (Å²) in [7, 11) is 0. The Kier molecular flexibility index (Phi) is 5.99. The van der Waals surface area contributed by atoms with Gasteiger partial charge in [-0.2, -0.15) is 0 Å². The van der Waals surface area contributed by atoms with Crippen molar-refractivity contribution in [2.24, 2.45) is 5.92 Å². The van der Waals surface area contributed by atoms with E-state index in [9.17, 15) is 9.59 Å². The maximum absolute atomic E-state index is 11.9. The lowest BCUT2D eigenvalue weighted by atomic mass is 10.0. The van der Waals surface area contributed by atoms with Gasteiger partial charge in [-0.25, -0.2) is 9.59 Å². The van der Waals surface area contributed by atoms with Crippen molar-refractivity contribution in [3.63, 3.8) is 0 Å². The number of ether oxygens (including phenoxy) is 1. The van der Waals surface area contributed by atoms with Crippen LogP contribution in [0.25, 0.3) is 0 Å². The lowest BCUT2D eigenvalue weighted by molar-refractivity contribution is -0.158. The van der Waals surface area contributed by atoms with E-state index in [2.05, 4.69) is 10.6 Å². The van der Waals surface area contributed by atoms with Crippen molar-refractivity contribution in [2.75, 3.05) is 6.54 Å². The van der Waals surface area contributed by atoms with E-state index in [4.69, 9.17) is 4.74 Å². The molecule has 0 radical (unpaired) electrons. The molecule has 0 heterocycles. The summed E-state index contributed by atoms with van der Waals surface area (Å²) < 4.78 is 5.26. The maximum atomic E-state index is 11.9. The number of urea groups is 1. The van der Waals surface area contributed by atoms with Gasteiger partial charge in [-0.3, -0.25) is 0 Å². The number of carbonyl (C=O) groups is 2. The van der Waals surface area contributed by atoms with Crippen LogP contribution in [0.3, 0.4) is 0 Å². The van der Waals surface area contributed by atoms with E-state index in [1.165, 1.54) is 0 Å². The molecule has 0 aliphatic rings. The summed E-state index contributed by atoms with van der Waals surface area (Å²) in [5.74, 6) is -0.425. The summed E-state index contributed by atoms with van der Waals surface area (Å²) in [6, 6.07) is -0.974. The molecule has 5 heteroatoms. The highest BCUT2D eigenvalue weighted by atomic mass is 16.6. The van der Waals surface area contributed by atoms with Crippen LogP contribution < -0.4 is 10.6 Å². The number of amides is 2. The van der Waals surface area contributed by atoms with Crippen LogP contribution >= 0.6 is 0 Å². The van der Waals surface area contributed by atoms with Gasteiger partial charge in [-0.05, 0) is 33.6 Å². The molecule has 17 heavy (non-hydrogen) atoms. The van der Waals surface area contributed by atoms with E-state index in [0.29, 0.717) is 6.54 Å². The fourth-order valence-electron chi connectivity index (χ4n) is 1.22. The van der Waals surface area contributed by atoms with Crippen LogP contribution in [0.15, 0.2) is 0 Å². The van der Waals surface area contributed by atoms with Crippen LogP contribution in [0.1, 0.15) is 41.5 Å². The van der Waals surface area contributed by atoms with Crippen molar-refractivity contribution < 1.29 is 14.3 Å². The molecule has 0 rings (SSSR count). The highest BCUT2D eigenvalue weighted by molar-refractivity contribution is 5.83. The summed E-state index contributed by atoms with van der Waals surface area (Å²) >= 11 is 0. The molecule has 0 aromatic rings. The minimum absolute atomic E-state index is 0.0209. The quantitative estimate of drug-likeness (QED) is 0.739. The molecule has 0 spiro atoms. The molecule has 0 aliphatic heterocycles. The average molecular weight is 244 g/mol. The van der Waals surface area contributed by atoms with E-state index in [0.717, 1.165) is 0 Å². The lowest BCUT2D eigenvalue weighted by Gasteiger charge is -2.26. The Morgan fingerprint density at radius 3 is 2.12 bits per heavy atom. The van der Waals surface area contributed by atoms with E-state index < -0.39 is 17.6 Å². The Hall–Kier alpha value is -1.26. The van der Waals surface area contributed by atoms with Gasteiger partial charge in [0.15, 0.2) is 0 Å². The molecule has 0 unspecified atom stereocenters. The smallest absolute Gasteiger partial charge is 0.329 e. The highest BCUT2D eigenvalue weighted by Crippen LogP contribution is 2.12. The summed E-state index contributed by atoms with van der Waals surface area (Å²) in [5, 5.41) is 5.21. The number of esters is 1. The Morgan fingerprint density at radius 1 is 1.24 bits per heavy atom. The lowest BCUT2D eigenvalue weighted by Crippen LogP contribution is -2.50. The molecule has 0 aliphatic carbocycles. The summed E-state index contributed by atoms with van der Waals surface area (Å²) in [6.07, 6.45) is 0. The zero-order valence-electron chi connectivity index (χ0n) is 11.6. The van der Waals surface area contributed by atoms with Gasteiger partial charge in [0.2, 0.25) is 0 Å². The first-order valence-electron chi connectivity index (χ1n) is 5.94. The molecule has 5 nitrogen and oxygen atoms in total. The van der Waals surface area contributed by atoms with Crippen LogP contribution in [0.5, 0.6) is 0 Å². The number of rotatable bonds is 4. The summed E-state index contributed by atoms with van der Waals surface area (Å²) in [5.41, 5.74) is -0.548. The Bertz CT molecular complexity index is 269. The van der Waals surface area contributed by atoms with Crippen molar-refractivity contribution in [3.05, 3.63) is 0 Å². The first-order chi connectivity index (χ1) is 7.67. The molecule has 100 valence electrons. The van der Waals surface area contributed by atoms with E-state index in [1.807, 2.05) is 20.8 Å². The highest BCUT2D eigenvalue weighted by Gasteiger charge is 2.28. The summed E-state index contributed by atoms with van der Waals surface area (Å²) in [4.78, 5) is 23.3. The Balaban J connectivity index is 4.53. The van der Waals surface area contributed by atoms with E-state index in [-0.39, 0.29) is 11.9 Å². The molecule has 0 bridgehead atoms. The number of nitrogens with one attached hydrogen (secondary N) is 2. The predicted molar refractivity (Wildman–Crippen MR) is 66.7 cm³/mol. The van der Waals surface area contributed by atoms with Gasteiger partial charge in [0, 0.05) is 6.54 Å². The normalized spacial score (nSPS) is 13.1. The fraction of sp³-hybridized carbons (Fsp3) is 0.833. The Labute approximate surface area is 103 Å². The minimum Gasteiger partial charge on any atom is -0.458 e. The zero-order valence-corrected chi connectivity index (χ0v) is 11.6. The van der Waals surface area contributed by atoms with Crippen molar-refractivity contribution >= 4 is 12.0 Å². The van der Waals surface area contributed by atoms with Gasteiger partial charge >= 0.3 is 12.0 Å². The monoisotopic (exact) mass is 244 g/mol. The fourth-order valence-corrected chi connectivity index (χ4v) is 1.22. The van der Waals surface area contributed by atoms with Crippen molar-refractivity contribution in [3.8, 4) is 0 Å². The first-order valence-corrected chi connectivity index (χ1v) is 5.94. The molecule has 2 amide bonds. The molecule has 2 N–H and O–H groups in total. The van der Waals surface area contributed by atoms with Crippen LogP contribution in [0, 0.1) is 5.92 Å². The van der Waals surface area contributed by atoms with Gasteiger partial charge in [-0.1, -0.05) is 13.8 Å². The number of carbonyl (C=O) groups excluding carboxylic acids is 2. The molecule has 0 saturated carbocycles. The molecule has 0 aromatic heterocycles. The van der Waals surface area contributed by atoms with E-state index in [1.54, 1.807) is 20.8 Å². The molecular weight excluding hydrogens is 220 g/mol. The SMILES string of the molecule is CCNC(=O)N[C@H](C(=O)OC(C)(C)C)C(C)C. The van der Waals surface area contributed by atoms with Crippen LogP contribution in [-0.4, -0.2) is 30.2 Å². The maximum Gasteiger partial charge on any atom is 0.329 e. The summed E-state index contributed by atoms with van der Waals surface area (Å²) in [6.45, 7) is 11.5. The largest absolute Gasteiger partial charge is 0.458 e. The van der Waals surface area contributed by atoms with Gasteiger partial charge in [-0.15, -0.1) is 0 Å². The first kappa shape index (κ1) is 15.7. The second-order valence-corrected chi connectivity index (χ2v) is 5.26.